The van der Waals surface area contributed by atoms with Crippen molar-refractivity contribution in [2.75, 3.05) is 18.0 Å². The highest BCUT2D eigenvalue weighted by molar-refractivity contribution is 5.87. The van der Waals surface area contributed by atoms with Gasteiger partial charge in [0, 0.05) is 12.7 Å². The molecule has 0 radical (unpaired) electrons. The van der Waals surface area contributed by atoms with Crippen LogP contribution in [0.3, 0.4) is 0 Å². The van der Waals surface area contributed by atoms with Crippen LogP contribution in [0.15, 0.2) is 18.3 Å². The lowest BCUT2D eigenvalue weighted by atomic mass is 10.1. The van der Waals surface area contributed by atoms with Crippen LogP contribution in [-0.4, -0.2) is 35.3 Å². The van der Waals surface area contributed by atoms with Crippen molar-refractivity contribution in [2.24, 2.45) is 0 Å². The number of halogens is 1. The Balaban J connectivity index is 2.11. The molecule has 1 saturated heterocycles. The standard InChI is InChI=1S/C11H13FN2O2/c12-9-2-1-5-14(7-9)10-4-3-8(6-13-10)11(15)16/h3-4,6,9H,1-2,5,7H2,(H,15,16)/t9-/m0/s1. The average Bonchev–Trinajstić information content (AvgIpc) is 2.29. The Morgan fingerprint density at radius 1 is 1.56 bits per heavy atom. The van der Waals surface area contributed by atoms with Crippen molar-refractivity contribution >= 4 is 11.8 Å². The molecule has 2 rings (SSSR count). The lowest BCUT2D eigenvalue weighted by Crippen LogP contribution is -2.36. The van der Waals surface area contributed by atoms with Crippen molar-refractivity contribution in [3.05, 3.63) is 23.9 Å². The fraction of sp³-hybridized carbons (Fsp3) is 0.455. The van der Waals surface area contributed by atoms with E-state index in [0.29, 0.717) is 18.8 Å². The van der Waals surface area contributed by atoms with Gasteiger partial charge in [-0.15, -0.1) is 0 Å². The summed E-state index contributed by atoms with van der Waals surface area (Å²) in [5.41, 5.74) is 0.151. The second-order valence-electron chi connectivity index (χ2n) is 3.90. The largest absolute Gasteiger partial charge is 0.478 e. The molecule has 0 spiro atoms. The molecule has 0 aromatic carbocycles. The van der Waals surface area contributed by atoms with Gasteiger partial charge in [-0.1, -0.05) is 0 Å². The molecule has 0 saturated carbocycles. The monoisotopic (exact) mass is 224 g/mol. The molecule has 1 atom stereocenters. The molecule has 0 unspecified atom stereocenters. The molecule has 1 aromatic rings. The summed E-state index contributed by atoms with van der Waals surface area (Å²) in [5, 5.41) is 8.71. The molecule has 2 heterocycles. The first-order valence-electron chi connectivity index (χ1n) is 5.25. The predicted molar refractivity (Wildman–Crippen MR) is 57.5 cm³/mol. The fourth-order valence-corrected chi connectivity index (χ4v) is 1.83. The summed E-state index contributed by atoms with van der Waals surface area (Å²) < 4.78 is 13.2. The van der Waals surface area contributed by atoms with E-state index in [1.165, 1.54) is 12.3 Å². The average molecular weight is 224 g/mol. The first-order valence-corrected chi connectivity index (χ1v) is 5.25. The molecular weight excluding hydrogens is 211 g/mol. The van der Waals surface area contributed by atoms with Crippen LogP contribution >= 0.6 is 0 Å². The molecule has 1 fully saturated rings. The summed E-state index contributed by atoms with van der Waals surface area (Å²) in [6, 6.07) is 3.12. The molecule has 0 amide bonds. The molecule has 0 bridgehead atoms. The maximum atomic E-state index is 13.2. The SMILES string of the molecule is O=C(O)c1ccc(N2CCC[C@H](F)C2)nc1. The molecular formula is C11H13FN2O2. The highest BCUT2D eigenvalue weighted by Crippen LogP contribution is 2.19. The molecule has 1 aliphatic rings. The Labute approximate surface area is 92.7 Å². The van der Waals surface area contributed by atoms with Crippen molar-refractivity contribution in [3.8, 4) is 0 Å². The Kier molecular flexibility index (Phi) is 3.03. The quantitative estimate of drug-likeness (QED) is 0.831. The molecule has 16 heavy (non-hydrogen) atoms. The molecule has 86 valence electrons. The van der Waals surface area contributed by atoms with Crippen molar-refractivity contribution in [1.82, 2.24) is 4.98 Å². The molecule has 5 heteroatoms. The van der Waals surface area contributed by atoms with E-state index in [0.717, 1.165) is 13.0 Å². The number of aromatic nitrogens is 1. The van der Waals surface area contributed by atoms with Crippen LogP contribution in [0.4, 0.5) is 10.2 Å². The molecule has 0 aliphatic carbocycles. The highest BCUT2D eigenvalue weighted by atomic mass is 19.1. The van der Waals surface area contributed by atoms with E-state index >= 15 is 0 Å². The zero-order chi connectivity index (χ0) is 11.5. The van der Waals surface area contributed by atoms with Gasteiger partial charge in [0.05, 0.1) is 12.1 Å². The minimum Gasteiger partial charge on any atom is -0.478 e. The fourth-order valence-electron chi connectivity index (χ4n) is 1.83. The maximum absolute atomic E-state index is 13.2. The van der Waals surface area contributed by atoms with Gasteiger partial charge in [-0.25, -0.2) is 14.2 Å². The van der Waals surface area contributed by atoms with Crippen LogP contribution in [0, 0.1) is 0 Å². The number of alkyl halides is 1. The zero-order valence-corrected chi connectivity index (χ0v) is 8.77. The van der Waals surface area contributed by atoms with Gasteiger partial charge in [0.25, 0.3) is 0 Å². The van der Waals surface area contributed by atoms with Gasteiger partial charge in [0.2, 0.25) is 0 Å². The minimum atomic E-state index is -0.999. The van der Waals surface area contributed by atoms with Crippen LogP contribution in [0.2, 0.25) is 0 Å². The summed E-state index contributed by atoms with van der Waals surface area (Å²) in [4.78, 5) is 16.5. The number of rotatable bonds is 2. The summed E-state index contributed by atoms with van der Waals surface area (Å²) in [6.07, 6.45) is 1.90. The predicted octanol–water partition coefficient (Wildman–Crippen LogP) is 1.72. The van der Waals surface area contributed by atoms with E-state index in [-0.39, 0.29) is 5.56 Å². The Morgan fingerprint density at radius 2 is 2.38 bits per heavy atom. The van der Waals surface area contributed by atoms with Gasteiger partial charge in [-0.3, -0.25) is 0 Å². The Morgan fingerprint density at radius 3 is 2.94 bits per heavy atom. The summed E-state index contributed by atoms with van der Waals surface area (Å²) >= 11 is 0. The van der Waals surface area contributed by atoms with Gasteiger partial charge < -0.3 is 10.0 Å². The van der Waals surface area contributed by atoms with E-state index in [1.54, 1.807) is 6.07 Å². The van der Waals surface area contributed by atoms with E-state index in [9.17, 15) is 9.18 Å². The molecule has 4 nitrogen and oxygen atoms in total. The number of carboxylic acids is 1. The topological polar surface area (TPSA) is 53.4 Å². The Hall–Kier alpha value is -1.65. The lowest BCUT2D eigenvalue weighted by Gasteiger charge is -2.29. The van der Waals surface area contributed by atoms with E-state index in [4.69, 9.17) is 5.11 Å². The van der Waals surface area contributed by atoms with Crippen molar-refractivity contribution in [1.29, 1.82) is 0 Å². The van der Waals surface area contributed by atoms with Gasteiger partial charge in [0.15, 0.2) is 0 Å². The number of hydrogen-bond donors (Lipinski definition) is 1. The van der Waals surface area contributed by atoms with Crippen LogP contribution in [0.25, 0.3) is 0 Å². The van der Waals surface area contributed by atoms with Crippen LogP contribution in [0.1, 0.15) is 23.2 Å². The number of carboxylic acid groups (broad SMARTS) is 1. The van der Waals surface area contributed by atoms with E-state index < -0.39 is 12.1 Å². The second kappa shape index (κ2) is 4.47. The smallest absolute Gasteiger partial charge is 0.337 e. The number of piperidine rings is 1. The second-order valence-corrected chi connectivity index (χ2v) is 3.90. The molecule has 1 aliphatic heterocycles. The zero-order valence-electron chi connectivity index (χ0n) is 8.77. The molecule has 1 N–H and O–H groups in total. The van der Waals surface area contributed by atoms with Crippen molar-refractivity contribution in [2.45, 2.75) is 19.0 Å². The lowest BCUT2D eigenvalue weighted by molar-refractivity contribution is 0.0696. The van der Waals surface area contributed by atoms with Crippen molar-refractivity contribution in [3.63, 3.8) is 0 Å². The van der Waals surface area contributed by atoms with Crippen LogP contribution < -0.4 is 4.90 Å². The normalized spacial score (nSPS) is 20.8. The molecule has 1 aromatic heterocycles. The van der Waals surface area contributed by atoms with Crippen LogP contribution in [-0.2, 0) is 0 Å². The number of anilines is 1. The van der Waals surface area contributed by atoms with Crippen LogP contribution in [0.5, 0.6) is 0 Å². The van der Waals surface area contributed by atoms with E-state index in [1.807, 2.05) is 4.90 Å². The van der Waals surface area contributed by atoms with E-state index in [2.05, 4.69) is 4.98 Å². The first kappa shape index (κ1) is 10.9. The summed E-state index contributed by atoms with van der Waals surface area (Å²) in [6.45, 7) is 1.12. The number of carbonyl (C=O) groups is 1. The van der Waals surface area contributed by atoms with Gasteiger partial charge in [0.1, 0.15) is 12.0 Å². The third kappa shape index (κ3) is 2.29. The highest BCUT2D eigenvalue weighted by Gasteiger charge is 2.20. The third-order valence-corrected chi connectivity index (χ3v) is 2.68. The number of pyridine rings is 1. The third-order valence-electron chi connectivity index (χ3n) is 2.68. The van der Waals surface area contributed by atoms with Gasteiger partial charge in [-0.05, 0) is 25.0 Å². The van der Waals surface area contributed by atoms with Gasteiger partial charge in [-0.2, -0.15) is 0 Å². The number of hydrogen-bond acceptors (Lipinski definition) is 3. The number of nitrogens with zero attached hydrogens (tertiary/aromatic N) is 2. The summed E-state index contributed by atoms with van der Waals surface area (Å²) in [5.74, 6) is -0.353. The summed E-state index contributed by atoms with van der Waals surface area (Å²) in [7, 11) is 0. The Bertz CT molecular complexity index is 380. The first-order chi connectivity index (χ1) is 7.66. The maximum Gasteiger partial charge on any atom is 0.337 e. The minimum absolute atomic E-state index is 0.151. The van der Waals surface area contributed by atoms with Crippen molar-refractivity contribution < 1.29 is 14.3 Å². The number of aromatic carboxylic acids is 1. The van der Waals surface area contributed by atoms with Gasteiger partial charge >= 0.3 is 5.97 Å².